The highest BCUT2D eigenvalue weighted by molar-refractivity contribution is 5.68. The van der Waals surface area contributed by atoms with Gasteiger partial charge in [-0.15, -0.1) is 0 Å². The van der Waals surface area contributed by atoms with Crippen molar-refractivity contribution in [2.24, 2.45) is 40.7 Å². The molecule has 0 rings (SSSR count). The molecule has 1 atom stereocenters. The van der Waals surface area contributed by atoms with Crippen LogP contribution in [0.4, 0.5) is 4.79 Å². The maximum atomic E-state index is 9.49. The summed E-state index contributed by atoms with van der Waals surface area (Å²) in [5.41, 5.74) is 21.6. The summed E-state index contributed by atoms with van der Waals surface area (Å²) in [4.78, 5) is 18.9. The third kappa shape index (κ3) is 48.8. The number of aldehydes is 1. The lowest BCUT2D eigenvalue weighted by molar-refractivity contribution is -0.107. The number of nitrogens with two attached hydrogens (primary N) is 4. The van der Waals surface area contributed by atoms with Crippen LogP contribution in [0, 0.1) is 17.8 Å². The average molecular weight is 590 g/mol. The Morgan fingerprint density at radius 3 is 1.22 bits per heavy atom. The lowest BCUT2D eigenvalue weighted by Gasteiger charge is -2.27. The quantitative estimate of drug-likeness (QED) is 0.0509. The largest absolute Gasteiger partial charge is 0.465 e. The first-order valence-corrected chi connectivity index (χ1v) is 16.9. The van der Waals surface area contributed by atoms with E-state index in [0.717, 1.165) is 43.9 Å². The van der Waals surface area contributed by atoms with Crippen LogP contribution in [-0.2, 0) is 4.79 Å². The third-order valence-corrected chi connectivity index (χ3v) is 7.31. The summed E-state index contributed by atoms with van der Waals surface area (Å²) in [7, 11) is 0. The first-order chi connectivity index (χ1) is 19.7. The number of carbonyl (C=O) groups excluding carboxylic acids is 1. The lowest BCUT2D eigenvalue weighted by Crippen LogP contribution is -2.22. The summed E-state index contributed by atoms with van der Waals surface area (Å²) in [6.07, 6.45) is 23.0. The number of hydrogen-bond donors (Lipinski definition) is 6. The van der Waals surface area contributed by atoms with Crippen LogP contribution in [0.15, 0.2) is 0 Å². The van der Waals surface area contributed by atoms with Gasteiger partial charge in [-0.2, -0.15) is 0 Å². The van der Waals surface area contributed by atoms with Crippen molar-refractivity contribution in [2.45, 2.75) is 150 Å². The summed E-state index contributed by atoms with van der Waals surface area (Å²) in [6.45, 7) is 14.9. The molecule has 0 saturated heterocycles. The van der Waals surface area contributed by atoms with Crippen LogP contribution < -0.4 is 28.3 Å². The highest BCUT2D eigenvalue weighted by Gasteiger charge is 2.19. The third-order valence-electron chi connectivity index (χ3n) is 7.31. The zero-order valence-corrected chi connectivity index (χ0v) is 28.1. The normalized spacial score (nSPS) is 11.0. The number of amides is 1. The molecule has 1 amide bonds. The molecular weight excluding hydrogens is 514 g/mol. The lowest BCUT2D eigenvalue weighted by atomic mass is 9.79. The van der Waals surface area contributed by atoms with Crippen molar-refractivity contribution in [3.8, 4) is 0 Å². The zero-order chi connectivity index (χ0) is 32.0. The van der Waals surface area contributed by atoms with E-state index in [2.05, 4.69) is 34.6 Å². The van der Waals surface area contributed by atoms with E-state index in [4.69, 9.17) is 28.0 Å². The Bertz CT molecular complexity index is 450. The van der Waals surface area contributed by atoms with Crippen LogP contribution in [0.1, 0.15) is 150 Å². The second-order valence-electron chi connectivity index (χ2n) is 11.4. The van der Waals surface area contributed by atoms with E-state index in [1.54, 1.807) is 0 Å². The minimum atomic E-state index is -1.17. The Morgan fingerprint density at radius 2 is 0.976 bits per heavy atom. The molecule has 41 heavy (non-hydrogen) atoms. The first kappa shape index (κ1) is 46.7. The molecule has 0 aromatic rings. The highest BCUT2D eigenvalue weighted by atomic mass is 16.4. The van der Waals surface area contributed by atoms with Gasteiger partial charge in [-0.1, -0.05) is 125 Å². The monoisotopic (exact) mass is 590 g/mol. The van der Waals surface area contributed by atoms with E-state index in [9.17, 15) is 9.59 Å². The van der Waals surface area contributed by atoms with Gasteiger partial charge in [-0.3, -0.25) is 0 Å². The molecule has 0 radical (unpaired) electrons. The van der Waals surface area contributed by atoms with Gasteiger partial charge in [0.25, 0.3) is 0 Å². The minimum absolute atomic E-state index is 0.130. The number of hydrogen-bond acceptors (Lipinski definition) is 6. The molecule has 0 saturated carbocycles. The van der Waals surface area contributed by atoms with Gasteiger partial charge in [0.05, 0.1) is 6.54 Å². The molecule has 0 aliphatic rings. The van der Waals surface area contributed by atoms with Crippen LogP contribution >= 0.6 is 0 Å². The summed E-state index contributed by atoms with van der Waals surface area (Å²) in [5.74, 6) is 2.60. The van der Waals surface area contributed by atoms with E-state index < -0.39 is 6.09 Å². The SMILES string of the molecule is CC(C)C(C)C(CCCCCCN)CCCCCCN.CCCCCCN.CCCCCCN.O=CCNC(=O)O. The summed E-state index contributed by atoms with van der Waals surface area (Å²) >= 11 is 0. The van der Waals surface area contributed by atoms with Gasteiger partial charge in [0.15, 0.2) is 0 Å². The fourth-order valence-corrected chi connectivity index (χ4v) is 4.29. The Hall–Kier alpha value is -1.22. The molecule has 0 fully saturated rings. The van der Waals surface area contributed by atoms with Crippen molar-refractivity contribution in [1.82, 2.24) is 5.32 Å². The number of unbranched alkanes of at least 4 members (excludes halogenated alkanes) is 12. The maximum Gasteiger partial charge on any atom is 0.405 e. The highest BCUT2D eigenvalue weighted by Crippen LogP contribution is 2.30. The van der Waals surface area contributed by atoms with Gasteiger partial charge >= 0.3 is 6.09 Å². The van der Waals surface area contributed by atoms with Crippen molar-refractivity contribution < 1.29 is 14.7 Å². The molecule has 10 N–H and O–H groups in total. The van der Waals surface area contributed by atoms with Crippen LogP contribution in [0.3, 0.4) is 0 Å². The smallest absolute Gasteiger partial charge is 0.405 e. The van der Waals surface area contributed by atoms with E-state index in [-0.39, 0.29) is 6.54 Å². The summed E-state index contributed by atoms with van der Waals surface area (Å²) in [5, 5.41) is 9.62. The second-order valence-corrected chi connectivity index (χ2v) is 11.4. The van der Waals surface area contributed by atoms with E-state index in [1.807, 2.05) is 5.32 Å². The van der Waals surface area contributed by atoms with Crippen LogP contribution in [-0.4, -0.2) is 50.2 Å². The Kier molecular flexibility index (Phi) is 49.3. The van der Waals surface area contributed by atoms with Crippen molar-refractivity contribution in [3.05, 3.63) is 0 Å². The average Bonchev–Trinajstić information content (AvgIpc) is 2.96. The minimum Gasteiger partial charge on any atom is -0.465 e. The number of nitrogens with one attached hydrogen (secondary N) is 1. The molecule has 8 heteroatoms. The van der Waals surface area contributed by atoms with Gasteiger partial charge in [-0.05, 0) is 69.6 Å². The van der Waals surface area contributed by atoms with Crippen molar-refractivity contribution >= 4 is 12.4 Å². The summed E-state index contributed by atoms with van der Waals surface area (Å²) < 4.78 is 0. The molecule has 0 spiro atoms. The first-order valence-electron chi connectivity index (χ1n) is 16.9. The van der Waals surface area contributed by atoms with Gasteiger partial charge < -0.3 is 38.2 Å². The Balaban J connectivity index is -0.000000265. The zero-order valence-electron chi connectivity index (χ0n) is 28.1. The van der Waals surface area contributed by atoms with Gasteiger partial charge in [0.1, 0.15) is 6.29 Å². The van der Waals surface area contributed by atoms with Crippen molar-refractivity contribution in [1.29, 1.82) is 0 Å². The van der Waals surface area contributed by atoms with Gasteiger partial charge in [0, 0.05) is 0 Å². The molecule has 250 valence electrons. The van der Waals surface area contributed by atoms with Gasteiger partial charge in [-0.25, -0.2) is 4.79 Å². The molecule has 0 aromatic heterocycles. The van der Waals surface area contributed by atoms with Crippen LogP contribution in [0.25, 0.3) is 0 Å². The predicted molar refractivity (Wildman–Crippen MR) is 180 cm³/mol. The standard InChI is InChI=1S/C18H40N2.2C6H15N.C3H5NO3/c1-16(2)17(3)18(12-8-4-6-10-14-19)13-9-5-7-11-15-20;2*1-2-3-4-5-6-7;5-2-1-4-3(6)7/h16-18H,4-15,19-20H2,1-3H3;2*2-7H2,1H3;2,4H,1H2,(H,6,7). The maximum absolute atomic E-state index is 9.49. The van der Waals surface area contributed by atoms with Crippen molar-refractivity contribution in [2.75, 3.05) is 32.7 Å². The molecule has 0 bridgehead atoms. The molecule has 8 nitrogen and oxygen atoms in total. The van der Waals surface area contributed by atoms with E-state index >= 15 is 0 Å². The molecule has 0 aliphatic heterocycles. The molecule has 0 heterocycles. The number of carbonyl (C=O) groups is 2. The molecule has 0 aromatic carbocycles. The number of carboxylic acid groups (broad SMARTS) is 1. The summed E-state index contributed by atoms with van der Waals surface area (Å²) in [6, 6.07) is 0. The Morgan fingerprint density at radius 1 is 0.634 bits per heavy atom. The van der Waals surface area contributed by atoms with E-state index in [0.29, 0.717) is 6.29 Å². The van der Waals surface area contributed by atoms with E-state index in [1.165, 1.54) is 116 Å². The topological polar surface area (TPSA) is 170 Å². The molecule has 1 unspecified atom stereocenters. The molecule has 0 aliphatic carbocycles. The van der Waals surface area contributed by atoms with Crippen LogP contribution in [0.2, 0.25) is 0 Å². The number of rotatable bonds is 24. The Labute approximate surface area is 255 Å². The molecular formula is C33H75N5O3. The fraction of sp³-hybridized carbons (Fsp3) is 0.939. The fourth-order valence-electron chi connectivity index (χ4n) is 4.29. The van der Waals surface area contributed by atoms with Crippen LogP contribution in [0.5, 0.6) is 0 Å². The second kappa shape index (κ2) is 43.2. The predicted octanol–water partition coefficient (Wildman–Crippen LogP) is 7.22. The van der Waals surface area contributed by atoms with Gasteiger partial charge in [0.2, 0.25) is 0 Å². The van der Waals surface area contributed by atoms with Crippen molar-refractivity contribution in [3.63, 3.8) is 0 Å².